The fraction of sp³-hybridized carbons (Fsp3) is 1.00. The van der Waals surface area contributed by atoms with Crippen molar-refractivity contribution in [1.29, 1.82) is 0 Å². The molecule has 0 aromatic carbocycles. The molecule has 0 spiro atoms. The molecule has 0 saturated carbocycles. The first-order valence-corrected chi connectivity index (χ1v) is 5.95. The first-order valence-electron chi connectivity index (χ1n) is 5.95. The zero-order valence-corrected chi connectivity index (χ0v) is 9.15. The molecular weight excluding hydrogens is 176 g/mol. The van der Waals surface area contributed by atoms with E-state index in [2.05, 4.69) is 9.80 Å². The van der Waals surface area contributed by atoms with Crippen LogP contribution in [0, 0.1) is 0 Å². The Bertz CT molecular complexity index is 156. The standard InChI is InChI=1S/C11H22N2O/c1-10(14)11(12-6-2-3-7-12)13-8-4-5-9-13/h10-11,14H,2-9H2,1H3. The normalized spacial score (nSPS) is 27.6. The summed E-state index contributed by atoms with van der Waals surface area (Å²) in [5, 5.41) is 9.85. The predicted molar refractivity (Wildman–Crippen MR) is 57.1 cm³/mol. The van der Waals surface area contributed by atoms with Gasteiger partial charge in [-0.25, -0.2) is 0 Å². The van der Waals surface area contributed by atoms with E-state index in [9.17, 15) is 5.11 Å². The van der Waals surface area contributed by atoms with Gasteiger partial charge >= 0.3 is 0 Å². The van der Waals surface area contributed by atoms with Crippen LogP contribution in [0.2, 0.25) is 0 Å². The van der Waals surface area contributed by atoms with Crippen LogP contribution in [0.15, 0.2) is 0 Å². The molecule has 3 nitrogen and oxygen atoms in total. The first-order chi connectivity index (χ1) is 6.79. The van der Waals surface area contributed by atoms with E-state index >= 15 is 0 Å². The van der Waals surface area contributed by atoms with Gasteiger partial charge in [-0.1, -0.05) is 0 Å². The lowest BCUT2D eigenvalue weighted by Crippen LogP contribution is -2.52. The highest BCUT2D eigenvalue weighted by Gasteiger charge is 2.32. The SMILES string of the molecule is CC(O)C(N1CCCC1)N1CCCC1. The van der Waals surface area contributed by atoms with Crippen LogP contribution in [0.5, 0.6) is 0 Å². The first kappa shape index (κ1) is 10.4. The van der Waals surface area contributed by atoms with Gasteiger partial charge < -0.3 is 5.11 Å². The highest BCUT2D eigenvalue weighted by atomic mass is 16.3. The van der Waals surface area contributed by atoms with Crippen LogP contribution in [0.3, 0.4) is 0 Å². The van der Waals surface area contributed by atoms with Gasteiger partial charge in [-0.3, -0.25) is 9.80 Å². The number of rotatable bonds is 3. The van der Waals surface area contributed by atoms with Gasteiger partial charge in [0.1, 0.15) is 0 Å². The van der Waals surface area contributed by atoms with Gasteiger partial charge in [-0.15, -0.1) is 0 Å². The van der Waals surface area contributed by atoms with Crippen LogP contribution in [0.25, 0.3) is 0 Å². The molecular formula is C11H22N2O. The van der Waals surface area contributed by atoms with Crippen LogP contribution in [-0.4, -0.2) is 53.4 Å². The van der Waals surface area contributed by atoms with Crippen LogP contribution in [0.4, 0.5) is 0 Å². The van der Waals surface area contributed by atoms with E-state index in [1.165, 1.54) is 51.9 Å². The van der Waals surface area contributed by atoms with Crippen molar-refractivity contribution < 1.29 is 5.11 Å². The summed E-state index contributed by atoms with van der Waals surface area (Å²) in [7, 11) is 0. The van der Waals surface area contributed by atoms with Crippen molar-refractivity contribution in [3.63, 3.8) is 0 Å². The van der Waals surface area contributed by atoms with Crippen LogP contribution in [-0.2, 0) is 0 Å². The number of hydrogen-bond acceptors (Lipinski definition) is 3. The lowest BCUT2D eigenvalue weighted by Gasteiger charge is -2.37. The number of aliphatic hydroxyl groups excluding tert-OH is 1. The molecule has 0 aliphatic carbocycles. The Labute approximate surface area is 86.7 Å². The van der Waals surface area contributed by atoms with Crippen LogP contribution < -0.4 is 0 Å². The number of likely N-dealkylation sites (tertiary alicyclic amines) is 2. The molecule has 3 heteroatoms. The van der Waals surface area contributed by atoms with E-state index in [1.54, 1.807) is 0 Å². The Hall–Kier alpha value is -0.120. The maximum atomic E-state index is 9.85. The second-order valence-electron chi connectivity index (χ2n) is 4.64. The zero-order chi connectivity index (χ0) is 9.97. The molecule has 14 heavy (non-hydrogen) atoms. The van der Waals surface area contributed by atoms with E-state index in [0.29, 0.717) is 6.17 Å². The molecule has 2 aliphatic heterocycles. The lowest BCUT2D eigenvalue weighted by molar-refractivity contribution is -0.0186. The molecule has 2 saturated heterocycles. The lowest BCUT2D eigenvalue weighted by atomic mass is 10.2. The van der Waals surface area contributed by atoms with Gasteiger partial charge in [0.15, 0.2) is 0 Å². The molecule has 1 unspecified atom stereocenters. The van der Waals surface area contributed by atoms with Crippen molar-refractivity contribution in [2.24, 2.45) is 0 Å². The predicted octanol–water partition coefficient (Wildman–Crippen LogP) is 0.885. The zero-order valence-electron chi connectivity index (χ0n) is 9.15. The topological polar surface area (TPSA) is 26.7 Å². The Morgan fingerprint density at radius 1 is 0.857 bits per heavy atom. The van der Waals surface area contributed by atoms with Gasteiger partial charge in [0.25, 0.3) is 0 Å². The van der Waals surface area contributed by atoms with Crippen molar-refractivity contribution in [1.82, 2.24) is 9.80 Å². The van der Waals surface area contributed by atoms with Crippen molar-refractivity contribution >= 4 is 0 Å². The molecule has 0 radical (unpaired) electrons. The molecule has 2 rings (SSSR count). The molecule has 0 aromatic rings. The van der Waals surface area contributed by atoms with Crippen molar-refractivity contribution in [3.8, 4) is 0 Å². The van der Waals surface area contributed by atoms with Gasteiger partial charge in [-0.05, 0) is 58.8 Å². The molecule has 0 bridgehead atoms. The van der Waals surface area contributed by atoms with E-state index in [-0.39, 0.29) is 6.10 Å². The maximum Gasteiger partial charge on any atom is 0.0887 e. The van der Waals surface area contributed by atoms with Gasteiger partial charge in [-0.2, -0.15) is 0 Å². The Morgan fingerprint density at radius 3 is 1.50 bits per heavy atom. The molecule has 82 valence electrons. The average molecular weight is 198 g/mol. The largest absolute Gasteiger partial charge is 0.390 e. The van der Waals surface area contributed by atoms with Crippen LogP contribution in [0.1, 0.15) is 32.6 Å². The highest BCUT2D eigenvalue weighted by molar-refractivity contribution is 4.83. The second-order valence-corrected chi connectivity index (χ2v) is 4.64. The molecule has 2 heterocycles. The maximum absolute atomic E-state index is 9.85. The Morgan fingerprint density at radius 2 is 1.21 bits per heavy atom. The smallest absolute Gasteiger partial charge is 0.0887 e. The summed E-state index contributed by atoms with van der Waals surface area (Å²) in [5.41, 5.74) is 0. The molecule has 2 aliphatic rings. The monoisotopic (exact) mass is 198 g/mol. The molecule has 2 fully saturated rings. The third-order valence-corrected chi connectivity index (χ3v) is 3.46. The van der Waals surface area contributed by atoms with Crippen LogP contribution >= 0.6 is 0 Å². The Kier molecular flexibility index (Phi) is 3.42. The van der Waals surface area contributed by atoms with E-state index in [4.69, 9.17) is 0 Å². The van der Waals surface area contributed by atoms with E-state index < -0.39 is 0 Å². The number of nitrogens with zero attached hydrogens (tertiary/aromatic N) is 2. The summed E-state index contributed by atoms with van der Waals surface area (Å²) in [6, 6.07) is 0. The summed E-state index contributed by atoms with van der Waals surface area (Å²) in [6.07, 6.45) is 5.29. The minimum Gasteiger partial charge on any atom is -0.390 e. The van der Waals surface area contributed by atoms with E-state index in [1.807, 2.05) is 6.92 Å². The van der Waals surface area contributed by atoms with Gasteiger partial charge in [0.2, 0.25) is 0 Å². The molecule has 1 atom stereocenters. The van der Waals surface area contributed by atoms with Gasteiger partial charge in [0, 0.05) is 0 Å². The highest BCUT2D eigenvalue weighted by Crippen LogP contribution is 2.21. The summed E-state index contributed by atoms with van der Waals surface area (Å²) < 4.78 is 0. The molecule has 1 N–H and O–H groups in total. The molecule has 0 amide bonds. The van der Waals surface area contributed by atoms with E-state index in [0.717, 1.165) is 0 Å². The number of hydrogen-bond donors (Lipinski definition) is 1. The fourth-order valence-electron chi connectivity index (χ4n) is 2.85. The minimum atomic E-state index is -0.216. The summed E-state index contributed by atoms with van der Waals surface area (Å²) in [4.78, 5) is 4.91. The average Bonchev–Trinajstić information content (AvgIpc) is 2.75. The third-order valence-electron chi connectivity index (χ3n) is 3.46. The Balaban J connectivity index is 1.98. The summed E-state index contributed by atoms with van der Waals surface area (Å²) in [5.74, 6) is 0. The second kappa shape index (κ2) is 4.60. The summed E-state index contributed by atoms with van der Waals surface area (Å²) >= 11 is 0. The third kappa shape index (κ3) is 2.10. The minimum absolute atomic E-state index is 0.216. The van der Waals surface area contributed by atoms with Crippen molar-refractivity contribution in [2.75, 3.05) is 26.2 Å². The van der Waals surface area contributed by atoms with Crippen molar-refractivity contribution in [2.45, 2.75) is 44.9 Å². The van der Waals surface area contributed by atoms with Gasteiger partial charge in [0.05, 0.1) is 12.3 Å². The summed E-state index contributed by atoms with van der Waals surface area (Å²) in [6.45, 7) is 6.62. The van der Waals surface area contributed by atoms with Crippen molar-refractivity contribution in [3.05, 3.63) is 0 Å². The molecule has 0 aromatic heterocycles. The fourth-order valence-corrected chi connectivity index (χ4v) is 2.85. The quantitative estimate of drug-likeness (QED) is 0.729. The number of aliphatic hydroxyl groups is 1.